The third-order valence-electron chi connectivity index (χ3n) is 5.51. The summed E-state index contributed by atoms with van der Waals surface area (Å²) in [6, 6.07) is 20.2. The van der Waals surface area contributed by atoms with E-state index >= 15 is 0 Å². The number of fused-ring (bicyclic) bond motifs is 3. The molecule has 3 heterocycles. The molecule has 1 aliphatic heterocycles. The summed E-state index contributed by atoms with van der Waals surface area (Å²) in [7, 11) is 0. The SMILES string of the molecule is CCOc1cccc([C@@H]2c3[nH]c4ccccc4c3CCN2C(=O)c2cccs2)c1. The Balaban J connectivity index is 1.66. The molecule has 1 N–H and O–H groups in total. The zero-order valence-corrected chi connectivity index (χ0v) is 17.0. The number of para-hydroxylation sites is 1. The van der Waals surface area contributed by atoms with E-state index in [1.54, 1.807) is 0 Å². The zero-order valence-electron chi connectivity index (χ0n) is 16.2. The lowest BCUT2D eigenvalue weighted by Gasteiger charge is -2.36. The van der Waals surface area contributed by atoms with Gasteiger partial charge in [-0.05, 0) is 54.1 Å². The van der Waals surface area contributed by atoms with Crippen molar-refractivity contribution in [3.05, 3.63) is 87.7 Å². The van der Waals surface area contributed by atoms with E-state index in [0.29, 0.717) is 13.2 Å². The number of aromatic amines is 1. The molecule has 2 aromatic carbocycles. The molecule has 5 rings (SSSR count). The van der Waals surface area contributed by atoms with Gasteiger partial charge in [0.05, 0.1) is 17.5 Å². The van der Waals surface area contributed by atoms with E-state index < -0.39 is 0 Å². The highest BCUT2D eigenvalue weighted by Gasteiger charge is 2.35. The number of amides is 1. The number of ether oxygens (including phenoxy) is 1. The van der Waals surface area contributed by atoms with E-state index in [4.69, 9.17) is 4.74 Å². The molecule has 4 nitrogen and oxygen atoms in total. The van der Waals surface area contributed by atoms with E-state index in [0.717, 1.165) is 33.8 Å². The van der Waals surface area contributed by atoms with E-state index in [-0.39, 0.29) is 11.9 Å². The number of nitrogens with zero attached hydrogens (tertiary/aromatic N) is 1. The van der Waals surface area contributed by atoms with Gasteiger partial charge in [-0.3, -0.25) is 4.79 Å². The molecule has 0 saturated carbocycles. The van der Waals surface area contributed by atoms with Crippen LogP contribution < -0.4 is 4.74 Å². The number of aromatic nitrogens is 1. The molecule has 0 saturated heterocycles. The second-order valence-corrected chi connectivity index (χ2v) is 8.14. The van der Waals surface area contributed by atoms with Crippen LogP contribution in [0.25, 0.3) is 10.9 Å². The van der Waals surface area contributed by atoms with E-state index in [9.17, 15) is 4.79 Å². The molecule has 0 aliphatic carbocycles. The predicted molar refractivity (Wildman–Crippen MR) is 117 cm³/mol. The number of carbonyl (C=O) groups excluding carboxylic acids is 1. The highest BCUT2D eigenvalue weighted by molar-refractivity contribution is 7.12. The molecular weight excluding hydrogens is 380 g/mol. The van der Waals surface area contributed by atoms with Crippen LogP contribution in [0.4, 0.5) is 0 Å². The maximum absolute atomic E-state index is 13.4. The van der Waals surface area contributed by atoms with Gasteiger partial charge in [0.1, 0.15) is 5.75 Å². The normalized spacial score (nSPS) is 16.0. The first-order chi connectivity index (χ1) is 14.3. The molecule has 0 unspecified atom stereocenters. The first-order valence-corrected chi connectivity index (χ1v) is 10.8. The van der Waals surface area contributed by atoms with Crippen molar-refractivity contribution in [2.24, 2.45) is 0 Å². The fraction of sp³-hybridized carbons (Fsp3) is 0.208. The third-order valence-corrected chi connectivity index (χ3v) is 6.37. The van der Waals surface area contributed by atoms with Gasteiger partial charge < -0.3 is 14.6 Å². The van der Waals surface area contributed by atoms with Crippen molar-refractivity contribution in [2.75, 3.05) is 13.2 Å². The number of hydrogen-bond donors (Lipinski definition) is 1. The Kier molecular flexibility index (Phi) is 4.60. The molecule has 0 radical (unpaired) electrons. The van der Waals surface area contributed by atoms with Gasteiger partial charge in [0.2, 0.25) is 0 Å². The van der Waals surface area contributed by atoms with Crippen LogP contribution in [0.3, 0.4) is 0 Å². The predicted octanol–water partition coefficient (Wildman–Crippen LogP) is 5.42. The summed E-state index contributed by atoms with van der Waals surface area (Å²) in [5.74, 6) is 0.910. The molecule has 0 spiro atoms. The topological polar surface area (TPSA) is 45.3 Å². The molecule has 5 heteroatoms. The van der Waals surface area contributed by atoms with Gasteiger partial charge in [0.15, 0.2) is 0 Å². The van der Waals surface area contributed by atoms with E-state index in [2.05, 4.69) is 35.3 Å². The Morgan fingerprint density at radius 2 is 2.07 bits per heavy atom. The summed E-state index contributed by atoms with van der Waals surface area (Å²) < 4.78 is 5.74. The standard InChI is InChI=1S/C24H22N2O2S/c1-2-28-17-8-5-7-16(15-17)23-22-19(18-9-3-4-10-20(18)25-22)12-13-26(23)24(27)21-11-6-14-29-21/h3-11,14-15,23,25H,2,12-13H2,1H3/t23-/m1/s1. The molecule has 4 aromatic rings. The van der Waals surface area contributed by atoms with Gasteiger partial charge >= 0.3 is 0 Å². The van der Waals surface area contributed by atoms with Crippen LogP contribution in [0.5, 0.6) is 5.75 Å². The van der Waals surface area contributed by atoms with Crippen LogP contribution >= 0.6 is 11.3 Å². The van der Waals surface area contributed by atoms with Crippen molar-refractivity contribution < 1.29 is 9.53 Å². The van der Waals surface area contributed by atoms with Gasteiger partial charge in [0, 0.05) is 23.1 Å². The lowest BCUT2D eigenvalue weighted by atomic mass is 9.92. The monoisotopic (exact) mass is 402 g/mol. The highest BCUT2D eigenvalue weighted by atomic mass is 32.1. The molecule has 0 fully saturated rings. The minimum absolute atomic E-state index is 0.0797. The van der Waals surface area contributed by atoms with Crippen molar-refractivity contribution >= 4 is 28.1 Å². The van der Waals surface area contributed by atoms with Crippen LogP contribution in [0.1, 0.15) is 39.5 Å². The van der Waals surface area contributed by atoms with Crippen molar-refractivity contribution in [1.82, 2.24) is 9.88 Å². The maximum Gasteiger partial charge on any atom is 0.264 e. The van der Waals surface area contributed by atoms with Gasteiger partial charge in [-0.25, -0.2) is 0 Å². The Labute approximate surface area is 173 Å². The van der Waals surface area contributed by atoms with E-state index in [1.165, 1.54) is 22.3 Å². The van der Waals surface area contributed by atoms with Crippen LogP contribution in [0.2, 0.25) is 0 Å². The number of thiophene rings is 1. The second-order valence-electron chi connectivity index (χ2n) is 7.20. The minimum Gasteiger partial charge on any atom is -0.494 e. The molecule has 1 aliphatic rings. The summed E-state index contributed by atoms with van der Waals surface area (Å²) in [5, 5.41) is 3.20. The Morgan fingerprint density at radius 3 is 2.90 bits per heavy atom. The summed E-state index contributed by atoms with van der Waals surface area (Å²) in [6.07, 6.45) is 0.845. The molecule has 1 atom stereocenters. The largest absolute Gasteiger partial charge is 0.494 e. The fourth-order valence-electron chi connectivity index (χ4n) is 4.29. The van der Waals surface area contributed by atoms with Gasteiger partial charge in [-0.1, -0.05) is 36.4 Å². The Hall–Kier alpha value is -3.05. The molecular formula is C24H22N2O2S. The average molecular weight is 403 g/mol. The minimum atomic E-state index is -0.166. The first kappa shape index (κ1) is 18.0. The second kappa shape index (κ2) is 7.41. The van der Waals surface area contributed by atoms with Gasteiger partial charge in [-0.2, -0.15) is 0 Å². The zero-order chi connectivity index (χ0) is 19.8. The highest BCUT2D eigenvalue weighted by Crippen LogP contribution is 2.40. The molecule has 146 valence electrons. The van der Waals surface area contributed by atoms with Gasteiger partial charge in [0.25, 0.3) is 5.91 Å². The smallest absolute Gasteiger partial charge is 0.264 e. The van der Waals surface area contributed by atoms with Crippen molar-refractivity contribution in [3.63, 3.8) is 0 Å². The summed E-state index contributed by atoms with van der Waals surface area (Å²) in [5.41, 5.74) is 4.60. The Bertz CT molecular complexity index is 1160. The number of benzene rings is 2. The summed E-state index contributed by atoms with van der Waals surface area (Å²) in [4.78, 5) is 19.8. The first-order valence-electron chi connectivity index (χ1n) is 9.93. The number of carbonyl (C=O) groups is 1. The summed E-state index contributed by atoms with van der Waals surface area (Å²) in [6.45, 7) is 3.29. The fourth-order valence-corrected chi connectivity index (χ4v) is 4.97. The molecule has 0 bridgehead atoms. The van der Waals surface area contributed by atoms with Crippen LogP contribution in [0.15, 0.2) is 66.0 Å². The molecule has 1 amide bonds. The van der Waals surface area contributed by atoms with Crippen LogP contribution in [-0.2, 0) is 6.42 Å². The van der Waals surface area contributed by atoms with Crippen LogP contribution in [0, 0.1) is 0 Å². The Morgan fingerprint density at radius 1 is 1.17 bits per heavy atom. The van der Waals surface area contributed by atoms with Crippen molar-refractivity contribution in [1.29, 1.82) is 0 Å². The van der Waals surface area contributed by atoms with Crippen LogP contribution in [-0.4, -0.2) is 28.9 Å². The lowest BCUT2D eigenvalue weighted by Crippen LogP contribution is -2.40. The number of nitrogens with one attached hydrogen (secondary N) is 1. The lowest BCUT2D eigenvalue weighted by molar-refractivity contribution is 0.0696. The van der Waals surface area contributed by atoms with Crippen molar-refractivity contribution in [2.45, 2.75) is 19.4 Å². The van der Waals surface area contributed by atoms with Gasteiger partial charge in [-0.15, -0.1) is 11.3 Å². The maximum atomic E-state index is 13.4. The third kappa shape index (κ3) is 3.12. The van der Waals surface area contributed by atoms with Crippen molar-refractivity contribution in [3.8, 4) is 5.75 Å². The number of H-pyrrole nitrogens is 1. The average Bonchev–Trinajstić information content (AvgIpc) is 3.41. The number of hydrogen-bond acceptors (Lipinski definition) is 3. The molecule has 29 heavy (non-hydrogen) atoms. The summed E-state index contributed by atoms with van der Waals surface area (Å²) >= 11 is 1.49. The number of rotatable bonds is 4. The van der Waals surface area contributed by atoms with E-state index in [1.807, 2.05) is 47.5 Å². The molecule has 2 aromatic heterocycles. The quantitative estimate of drug-likeness (QED) is 0.496.